The van der Waals surface area contributed by atoms with Crippen LogP contribution in [0.15, 0.2) is 18.3 Å². The van der Waals surface area contributed by atoms with Gasteiger partial charge < -0.3 is 15.0 Å². The second kappa shape index (κ2) is 5.03. The molecule has 0 saturated carbocycles. The number of piperazine rings is 1. The van der Waals surface area contributed by atoms with E-state index in [0.29, 0.717) is 0 Å². The van der Waals surface area contributed by atoms with Gasteiger partial charge in [-0.05, 0) is 18.9 Å². The molecule has 1 N–H and O–H groups in total. The summed E-state index contributed by atoms with van der Waals surface area (Å²) in [5.41, 5.74) is 2.14. The molecule has 0 bridgehead atoms. The quantitative estimate of drug-likeness (QED) is 0.884. The van der Waals surface area contributed by atoms with Gasteiger partial charge >= 0.3 is 0 Å². The van der Waals surface area contributed by atoms with Crippen LogP contribution in [0.25, 0.3) is 5.65 Å². The van der Waals surface area contributed by atoms with Crippen LogP contribution in [0.4, 0.5) is 5.69 Å². The van der Waals surface area contributed by atoms with E-state index < -0.39 is 0 Å². The molecule has 2 saturated heterocycles. The molecule has 6 heteroatoms. The molecule has 0 aliphatic carbocycles. The Morgan fingerprint density at radius 2 is 2.20 bits per heavy atom. The van der Waals surface area contributed by atoms with Gasteiger partial charge in [0.2, 0.25) is 0 Å². The Labute approximate surface area is 117 Å². The molecule has 2 aliphatic heterocycles. The van der Waals surface area contributed by atoms with E-state index in [1.165, 1.54) is 5.69 Å². The first-order chi connectivity index (χ1) is 9.90. The number of nitrogens with one attached hydrogen (secondary N) is 1. The third-order valence-electron chi connectivity index (χ3n) is 4.04. The van der Waals surface area contributed by atoms with Crippen molar-refractivity contribution in [3.05, 3.63) is 24.2 Å². The van der Waals surface area contributed by atoms with E-state index in [1.807, 2.05) is 10.7 Å². The number of fused-ring (bicyclic) bond motifs is 1. The maximum absolute atomic E-state index is 5.66. The molecule has 4 heterocycles. The van der Waals surface area contributed by atoms with E-state index >= 15 is 0 Å². The summed E-state index contributed by atoms with van der Waals surface area (Å²) < 4.78 is 7.51. The first kappa shape index (κ1) is 12.1. The van der Waals surface area contributed by atoms with Crippen LogP contribution in [0.1, 0.15) is 24.8 Å². The van der Waals surface area contributed by atoms with E-state index in [4.69, 9.17) is 4.74 Å². The lowest BCUT2D eigenvalue weighted by Gasteiger charge is -2.29. The summed E-state index contributed by atoms with van der Waals surface area (Å²) >= 11 is 0. The number of pyridine rings is 1. The molecule has 0 spiro atoms. The van der Waals surface area contributed by atoms with Gasteiger partial charge in [0.15, 0.2) is 11.5 Å². The van der Waals surface area contributed by atoms with Crippen molar-refractivity contribution in [2.75, 3.05) is 37.7 Å². The zero-order valence-electron chi connectivity index (χ0n) is 11.5. The molecule has 1 atom stereocenters. The largest absolute Gasteiger partial charge is 0.370 e. The van der Waals surface area contributed by atoms with Crippen LogP contribution in [-0.2, 0) is 4.74 Å². The SMILES string of the molecule is c1cn2nc(C3CCCO3)nc2cc1N1CCNCC1. The summed E-state index contributed by atoms with van der Waals surface area (Å²) in [5.74, 6) is 0.819. The van der Waals surface area contributed by atoms with Gasteiger partial charge in [0.05, 0.1) is 0 Å². The fourth-order valence-corrected chi connectivity index (χ4v) is 2.93. The Morgan fingerprint density at radius 3 is 3.00 bits per heavy atom. The highest BCUT2D eigenvalue weighted by Crippen LogP contribution is 2.27. The minimum Gasteiger partial charge on any atom is -0.370 e. The number of aromatic nitrogens is 3. The van der Waals surface area contributed by atoms with E-state index in [0.717, 1.165) is 57.1 Å². The third kappa shape index (κ3) is 2.14. The minimum atomic E-state index is 0.0811. The number of rotatable bonds is 2. The Morgan fingerprint density at radius 1 is 1.30 bits per heavy atom. The van der Waals surface area contributed by atoms with Crippen molar-refractivity contribution in [1.82, 2.24) is 19.9 Å². The van der Waals surface area contributed by atoms with Crippen LogP contribution < -0.4 is 10.2 Å². The predicted octanol–water partition coefficient (Wildman–Crippen LogP) is 0.990. The van der Waals surface area contributed by atoms with Crippen molar-refractivity contribution >= 4 is 11.3 Å². The Balaban J connectivity index is 1.64. The van der Waals surface area contributed by atoms with Crippen molar-refractivity contribution in [2.24, 2.45) is 0 Å². The fourth-order valence-electron chi connectivity index (χ4n) is 2.93. The Bertz CT molecular complexity index is 599. The summed E-state index contributed by atoms with van der Waals surface area (Å²) in [5, 5.41) is 7.90. The number of anilines is 1. The van der Waals surface area contributed by atoms with Crippen molar-refractivity contribution in [1.29, 1.82) is 0 Å². The summed E-state index contributed by atoms with van der Waals surface area (Å²) in [4.78, 5) is 7.02. The maximum atomic E-state index is 5.66. The normalized spacial score (nSPS) is 23.6. The van der Waals surface area contributed by atoms with E-state index in [-0.39, 0.29) is 6.10 Å². The maximum Gasteiger partial charge on any atom is 0.180 e. The van der Waals surface area contributed by atoms with Crippen LogP contribution in [0.3, 0.4) is 0 Å². The average molecular weight is 273 g/mol. The van der Waals surface area contributed by atoms with Crippen LogP contribution in [0.5, 0.6) is 0 Å². The molecule has 1 unspecified atom stereocenters. The second-order valence-corrected chi connectivity index (χ2v) is 5.40. The molecular formula is C14H19N5O. The highest BCUT2D eigenvalue weighted by atomic mass is 16.5. The molecule has 106 valence electrons. The van der Waals surface area contributed by atoms with Crippen molar-refractivity contribution in [3.8, 4) is 0 Å². The van der Waals surface area contributed by atoms with Crippen LogP contribution in [0, 0.1) is 0 Å². The summed E-state index contributed by atoms with van der Waals surface area (Å²) in [7, 11) is 0. The first-order valence-corrected chi connectivity index (χ1v) is 7.34. The summed E-state index contributed by atoms with van der Waals surface area (Å²) in [6.45, 7) is 5.00. The van der Waals surface area contributed by atoms with Crippen molar-refractivity contribution < 1.29 is 4.74 Å². The number of hydrogen-bond acceptors (Lipinski definition) is 5. The average Bonchev–Trinajstić information content (AvgIpc) is 3.16. The highest BCUT2D eigenvalue weighted by Gasteiger charge is 2.22. The Kier molecular flexibility index (Phi) is 3.05. The van der Waals surface area contributed by atoms with Crippen LogP contribution in [-0.4, -0.2) is 47.4 Å². The molecule has 0 aromatic carbocycles. The fraction of sp³-hybridized carbons (Fsp3) is 0.571. The van der Waals surface area contributed by atoms with Gasteiger partial charge in [0.1, 0.15) is 6.10 Å². The topological polar surface area (TPSA) is 54.7 Å². The van der Waals surface area contributed by atoms with Crippen molar-refractivity contribution in [3.63, 3.8) is 0 Å². The molecule has 2 aromatic heterocycles. The van der Waals surface area contributed by atoms with Crippen LogP contribution in [0.2, 0.25) is 0 Å². The second-order valence-electron chi connectivity index (χ2n) is 5.40. The lowest BCUT2D eigenvalue weighted by molar-refractivity contribution is 0.105. The van der Waals surface area contributed by atoms with E-state index in [1.54, 1.807) is 0 Å². The molecule has 4 rings (SSSR count). The lowest BCUT2D eigenvalue weighted by atomic mass is 10.2. The number of nitrogens with zero attached hydrogens (tertiary/aromatic N) is 4. The van der Waals surface area contributed by atoms with Gasteiger partial charge in [-0.15, -0.1) is 5.10 Å². The van der Waals surface area contributed by atoms with Crippen molar-refractivity contribution in [2.45, 2.75) is 18.9 Å². The highest BCUT2D eigenvalue weighted by molar-refractivity contribution is 5.56. The van der Waals surface area contributed by atoms with E-state index in [9.17, 15) is 0 Å². The van der Waals surface area contributed by atoms with Gasteiger partial charge in [0, 0.05) is 50.7 Å². The monoisotopic (exact) mass is 273 g/mol. The molecule has 2 aliphatic rings. The lowest BCUT2D eigenvalue weighted by Crippen LogP contribution is -2.43. The van der Waals surface area contributed by atoms with E-state index in [2.05, 4.69) is 32.4 Å². The molecule has 0 amide bonds. The molecule has 20 heavy (non-hydrogen) atoms. The standard InChI is InChI=1S/C14H19N5O/c1-2-12(20-9-1)14-16-13-10-11(3-6-19(13)17-14)18-7-4-15-5-8-18/h3,6,10,12,15H,1-2,4-5,7-9H2. The zero-order valence-corrected chi connectivity index (χ0v) is 11.5. The number of ether oxygens (including phenoxy) is 1. The molecule has 0 radical (unpaired) electrons. The smallest absolute Gasteiger partial charge is 0.180 e. The zero-order chi connectivity index (χ0) is 13.4. The predicted molar refractivity (Wildman–Crippen MR) is 76.0 cm³/mol. The van der Waals surface area contributed by atoms with Gasteiger partial charge in [0.25, 0.3) is 0 Å². The van der Waals surface area contributed by atoms with Gasteiger partial charge in [-0.25, -0.2) is 9.50 Å². The number of hydrogen-bond donors (Lipinski definition) is 1. The van der Waals surface area contributed by atoms with Gasteiger partial charge in [-0.1, -0.05) is 0 Å². The molecular weight excluding hydrogens is 254 g/mol. The Hall–Kier alpha value is -1.66. The molecule has 2 fully saturated rings. The molecule has 6 nitrogen and oxygen atoms in total. The first-order valence-electron chi connectivity index (χ1n) is 7.34. The molecule has 2 aromatic rings. The third-order valence-corrected chi connectivity index (χ3v) is 4.04. The van der Waals surface area contributed by atoms with Gasteiger partial charge in [-0.3, -0.25) is 0 Å². The minimum absolute atomic E-state index is 0.0811. The summed E-state index contributed by atoms with van der Waals surface area (Å²) in [6, 6.07) is 4.24. The summed E-state index contributed by atoms with van der Waals surface area (Å²) in [6.07, 6.45) is 4.21. The van der Waals surface area contributed by atoms with Crippen LogP contribution >= 0.6 is 0 Å². The van der Waals surface area contributed by atoms with Gasteiger partial charge in [-0.2, -0.15) is 0 Å².